The third kappa shape index (κ3) is 6.43. The lowest BCUT2D eigenvalue weighted by Gasteiger charge is -2.28. The van der Waals surface area contributed by atoms with Crippen molar-refractivity contribution in [2.45, 2.75) is 26.3 Å². The lowest BCUT2D eigenvalue weighted by molar-refractivity contribution is -0.141. The molecule has 0 aliphatic heterocycles. The summed E-state index contributed by atoms with van der Waals surface area (Å²) >= 11 is 12.0. The molecule has 1 N–H and O–H groups in total. The van der Waals surface area contributed by atoms with Gasteiger partial charge in [-0.25, -0.2) is 0 Å². The monoisotopic (exact) mass is 422 g/mol. The van der Waals surface area contributed by atoms with Gasteiger partial charge in [-0.3, -0.25) is 9.59 Å². The highest BCUT2D eigenvalue weighted by atomic mass is 35.5. The Balaban J connectivity index is 2.07. The minimum Gasteiger partial charge on any atom is -0.482 e. The highest BCUT2D eigenvalue weighted by molar-refractivity contribution is 6.35. The highest BCUT2D eigenvalue weighted by Crippen LogP contribution is 2.27. The Labute approximate surface area is 175 Å². The van der Waals surface area contributed by atoms with Crippen molar-refractivity contribution in [1.29, 1.82) is 0 Å². The number of rotatable bonds is 9. The number of hydrogen-bond acceptors (Lipinski definition) is 3. The average molecular weight is 423 g/mol. The van der Waals surface area contributed by atoms with E-state index in [1.165, 1.54) is 4.90 Å². The van der Waals surface area contributed by atoms with Crippen LogP contribution in [0.15, 0.2) is 48.5 Å². The first-order valence-electron chi connectivity index (χ1n) is 9.11. The molecule has 150 valence electrons. The number of amides is 2. The fourth-order valence-corrected chi connectivity index (χ4v) is 3.17. The summed E-state index contributed by atoms with van der Waals surface area (Å²) in [6.07, 6.45) is 0.637. The Morgan fingerprint density at radius 1 is 1.14 bits per heavy atom. The number of carbonyl (C=O) groups is 2. The van der Waals surface area contributed by atoms with Crippen molar-refractivity contribution in [3.63, 3.8) is 0 Å². The first kappa shape index (κ1) is 22.1. The van der Waals surface area contributed by atoms with Gasteiger partial charge in [-0.2, -0.15) is 0 Å². The lowest BCUT2D eigenvalue weighted by atomic mass is 10.1. The molecule has 1 atom stereocenters. The minimum absolute atomic E-state index is 0.201. The number of nitrogens with zero attached hydrogens (tertiary/aromatic N) is 1. The third-order valence-corrected chi connectivity index (χ3v) is 4.78. The molecule has 28 heavy (non-hydrogen) atoms. The van der Waals surface area contributed by atoms with E-state index >= 15 is 0 Å². The normalized spacial score (nSPS) is 11.6. The zero-order chi connectivity index (χ0) is 20.5. The summed E-state index contributed by atoms with van der Waals surface area (Å²) in [5.41, 5.74) is 1.09. The predicted octanol–water partition coefficient (Wildman–Crippen LogP) is 3.97. The van der Waals surface area contributed by atoms with E-state index < -0.39 is 6.04 Å². The lowest BCUT2D eigenvalue weighted by Crippen LogP contribution is -2.50. The van der Waals surface area contributed by atoms with Gasteiger partial charge < -0.3 is 15.0 Å². The Hall–Kier alpha value is -2.24. The molecule has 0 radical (unpaired) electrons. The summed E-state index contributed by atoms with van der Waals surface area (Å²) in [6.45, 7) is 4.23. The van der Waals surface area contributed by atoms with E-state index in [1.54, 1.807) is 25.1 Å². The first-order chi connectivity index (χ1) is 13.4. The molecule has 2 aromatic rings. The fraction of sp³-hybridized carbons (Fsp3) is 0.333. The van der Waals surface area contributed by atoms with E-state index in [0.717, 1.165) is 5.56 Å². The van der Waals surface area contributed by atoms with Crippen LogP contribution in [0.5, 0.6) is 5.75 Å². The number of halogens is 2. The van der Waals surface area contributed by atoms with Crippen LogP contribution in [0.2, 0.25) is 10.0 Å². The molecule has 5 nitrogen and oxygen atoms in total. The van der Waals surface area contributed by atoms with E-state index in [1.807, 2.05) is 37.3 Å². The molecular formula is C21H24Cl2N2O3. The van der Waals surface area contributed by atoms with Crippen LogP contribution in [-0.4, -0.2) is 42.5 Å². The molecule has 0 saturated carbocycles. The molecule has 0 aliphatic carbocycles. The van der Waals surface area contributed by atoms with Crippen LogP contribution in [-0.2, 0) is 16.0 Å². The smallest absolute Gasteiger partial charge is 0.261 e. The minimum atomic E-state index is -0.611. The summed E-state index contributed by atoms with van der Waals surface area (Å²) in [7, 11) is 0. The van der Waals surface area contributed by atoms with E-state index in [-0.39, 0.29) is 18.4 Å². The second-order valence-electron chi connectivity index (χ2n) is 6.26. The molecule has 0 spiro atoms. The fourth-order valence-electron chi connectivity index (χ4n) is 2.71. The van der Waals surface area contributed by atoms with Gasteiger partial charge in [0.25, 0.3) is 5.91 Å². The van der Waals surface area contributed by atoms with Crippen molar-refractivity contribution in [2.75, 3.05) is 19.7 Å². The Kier molecular flexibility index (Phi) is 8.61. The van der Waals surface area contributed by atoms with Gasteiger partial charge in [-0.05, 0) is 44.0 Å². The van der Waals surface area contributed by atoms with Crippen molar-refractivity contribution in [3.8, 4) is 5.75 Å². The Morgan fingerprint density at radius 2 is 1.86 bits per heavy atom. The van der Waals surface area contributed by atoms with E-state index in [2.05, 4.69) is 5.32 Å². The zero-order valence-corrected chi connectivity index (χ0v) is 17.5. The molecule has 0 aliphatic rings. The van der Waals surface area contributed by atoms with E-state index in [0.29, 0.717) is 35.3 Å². The Morgan fingerprint density at radius 3 is 2.50 bits per heavy atom. The van der Waals surface area contributed by atoms with Crippen LogP contribution in [0.25, 0.3) is 0 Å². The molecule has 0 fully saturated rings. The Bertz CT molecular complexity index is 799. The van der Waals surface area contributed by atoms with Gasteiger partial charge >= 0.3 is 0 Å². The van der Waals surface area contributed by atoms with Crippen molar-refractivity contribution >= 4 is 35.0 Å². The molecule has 1 unspecified atom stereocenters. The van der Waals surface area contributed by atoms with Crippen LogP contribution in [0.3, 0.4) is 0 Å². The maximum absolute atomic E-state index is 12.8. The predicted molar refractivity (Wildman–Crippen MR) is 112 cm³/mol. The van der Waals surface area contributed by atoms with Crippen LogP contribution in [0.1, 0.15) is 19.4 Å². The van der Waals surface area contributed by atoms with Crippen LogP contribution in [0, 0.1) is 0 Å². The summed E-state index contributed by atoms with van der Waals surface area (Å²) in [5.74, 6) is -0.123. The number of hydrogen-bond donors (Lipinski definition) is 1. The van der Waals surface area contributed by atoms with Gasteiger partial charge in [-0.1, -0.05) is 53.5 Å². The summed E-state index contributed by atoms with van der Waals surface area (Å²) in [6, 6.07) is 14.0. The molecular weight excluding hydrogens is 399 g/mol. The molecule has 7 heteroatoms. The van der Waals surface area contributed by atoms with Gasteiger partial charge in [0.2, 0.25) is 5.91 Å². The molecule has 0 aromatic heterocycles. The number of carbonyl (C=O) groups excluding carboxylic acids is 2. The number of nitrogens with one attached hydrogen (secondary N) is 1. The van der Waals surface area contributed by atoms with Gasteiger partial charge in [0, 0.05) is 18.1 Å². The molecule has 2 rings (SSSR count). The largest absolute Gasteiger partial charge is 0.482 e. The highest BCUT2D eigenvalue weighted by Gasteiger charge is 2.25. The summed E-state index contributed by atoms with van der Waals surface area (Å²) < 4.78 is 5.56. The van der Waals surface area contributed by atoms with Crippen LogP contribution < -0.4 is 10.1 Å². The van der Waals surface area contributed by atoms with Gasteiger partial charge in [-0.15, -0.1) is 0 Å². The van der Waals surface area contributed by atoms with Crippen molar-refractivity contribution < 1.29 is 14.3 Å². The van der Waals surface area contributed by atoms with Gasteiger partial charge in [0.05, 0.1) is 5.02 Å². The average Bonchev–Trinajstić information content (AvgIpc) is 2.68. The first-order valence-corrected chi connectivity index (χ1v) is 9.87. The van der Waals surface area contributed by atoms with Crippen LogP contribution in [0.4, 0.5) is 0 Å². The SMILES string of the molecule is CCNC(=O)C(C)N(CCc1ccccc1)C(=O)COc1ccc(Cl)cc1Cl. The molecule has 0 heterocycles. The van der Waals surface area contributed by atoms with Crippen molar-refractivity contribution in [3.05, 3.63) is 64.1 Å². The second-order valence-corrected chi connectivity index (χ2v) is 7.10. The molecule has 0 bridgehead atoms. The molecule has 0 saturated heterocycles. The third-order valence-electron chi connectivity index (χ3n) is 4.25. The van der Waals surface area contributed by atoms with E-state index in [9.17, 15) is 9.59 Å². The van der Waals surface area contributed by atoms with Gasteiger partial charge in [0.15, 0.2) is 6.61 Å². The van der Waals surface area contributed by atoms with Crippen molar-refractivity contribution in [2.24, 2.45) is 0 Å². The molecule has 2 amide bonds. The molecule has 2 aromatic carbocycles. The maximum Gasteiger partial charge on any atom is 0.261 e. The summed E-state index contributed by atoms with van der Waals surface area (Å²) in [5, 5.41) is 3.57. The van der Waals surface area contributed by atoms with Crippen LogP contribution >= 0.6 is 23.2 Å². The van der Waals surface area contributed by atoms with Crippen molar-refractivity contribution in [1.82, 2.24) is 10.2 Å². The number of benzene rings is 2. The second kappa shape index (κ2) is 10.9. The number of likely N-dealkylation sites (N-methyl/N-ethyl adjacent to an activating group) is 1. The standard InChI is InChI=1S/C21H24Cl2N2O3/c1-3-24-21(27)15(2)25(12-11-16-7-5-4-6-8-16)20(26)14-28-19-10-9-17(22)13-18(19)23/h4-10,13,15H,3,11-12,14H2,1-2H3,(H,24,27). The van der Waals surface area contributed by atoms with Gasteiger partial charge in [0.1, 0.15) is 11.8 Å². The van der Waals surface area contributed by atoms with E-state index in [4.69, 9.17) is 27.9 Å². The maximum atomic E-state index is 12.8. The quantitative estimate of drug-likeness (QED) is 0.664. The number of ether oxygens (including phenoxy) is 1. The topological polar surface area (TPSA) is 58.6 Å². The zero-order valence-electron chi connectivity index (χ0n) is 16.0. The summed E-state index contributed by atoms with van der Waals surface area (Å²) in [4.78, 5) is 26.6.